The maximum absolute atomic E-state index is 10.7. The van der Waals surface area contributed by atoms with Gasteiger partial charge in [0.1, 0.15) is 0 Å². The molecule has 0 radical (unpaired) electrons. The first-order chi connectivity index (χ1) is 4.52. The van der Waals surface area contributed by atoms with Crippen molar-refractivity contribution in [3.63, 3.8) is 0 Å². The molecule has 1 heterocycles. The summed E-state index contributed by atoms with van der Waals surface area (Å²) in [5.41, 5.74) is -0.116. The highest BCUT2D eigenvalue weighted by atomic mass is 16.6. The number of hydrogen-bond acceptors (Lipinski definition) is 2. The Hall–Kier alpha value is -0.730. The largest absolute Gasteiger partial charge is 0.449 e. The third kappa shape index (κ3) is 1.23. The van der Waals surface area contributed by atoms with Crippen LogP contribution in [0.5, 0.6) is 0 Å². The van der Waals surface area contributed by atoms with Gasteiger partial charge < -0.3 is 10.1 Å². The number of amides is 1. The highest BCUT2D eigenvalue weighted by Crippen LogP contribution is 2.20. The summed E-state index contributed by atoms with van der Waals surface area (Å²) in [7, 11) is 0. The summed E-state index contributed by atoms with van der Waals surface area (Å²) in [5, 5.41) is 2.74. The van der Waals surface area contributed by atoms with Crippen LogP contribution in [0, 0.1) is 5.92 Å². The molecule has 0 saturated carbocycles. The van der Waals surface area contributed by atoms with Gasteiger partial charge in [0.25, 0.3) is 0 Å². The molecule has 0 aromatic rings. The van der Waals surface area contributed by atoms with Crippen molar-refractivity contribution in [3.8, 4) is 0 Å². The van der Waals surface area contributed by atoms with Gasteiger partial charge >= 0.3 is 6.09 Å². The minimum absolute atomic E-state index is 0.116. The number of nitrogens with one attached hydrogen (secondary N) is 1. The van der Waals surface area contributed by atoms with E-state index in [9.17, 15) is 4.79 Å². The molecule has 0 bridgehead atoms. The highest BCUT2D eigenvalue weighted by molar-refractivity contribution is 5.69. The van der Waals surface area contributed by atoms with Gasteiger partial charge in [-0.1, -0.05) is 6.92 Å². The highest BCUT2D eigenvalue weighted by Gasteiger charge is 2.33. The van der Waals surface area contributed by atoms with Crippen molar-refractivity contribution < 1.29 is 9.53 Å². The van der Waals surface area contributed by atoms with Crippen molar-refractivity contribution in [1.82, 2.24) is 5.32 Å². The lowest BCUT2D eigenvalue weighted by Crippen LogP contribution is -2.54. The van der Waals surface area contributed by atoms with Crippen molar-refractivity contribution in [3.05, 3.63) is 0 Å². The minimum atomic E-state index is -0.303. The molecule has 1 saturated heterocycles. The van der Waals surface area contributed by atoms with Crippen molar-refractivity contribution in [2.24, 2.45) is 5.92 Å². The second-order valence-corrected chi connectivity index (χ2v) is 3.35. The molecule has 1 unspecified atom stereocenters. The van der Waals surface area contributed by atoms with Crippen LogP contribution in [0.3, 0.4) is 0 Å². The molecule has 1 N–H and O–H groups in total. The zero-order valence-electron chi connectivity index (χ0n) is 6.60. The second kappa shape index (κ2) is 2.15. The molecule has 0 aliphatic carbocycles. The predicted octanol–water partition coefficient (Wildman–Crippen LogP) is 1.14. The molecule has 58 valence electrons. The number of carbonyl (C=O) groups is 1. The van der Waals surface area contributed by atoms with Gasteiger partial charge in [-0.25, -0.2) is 4.79 Å². The van der Waals surface area contributed by atoms with Gasteiger partial charge in [0, 0.05) is 11.5 Å². The monoisotopic (exact) mass is 143 g/mol. The van der Waals surface area contributed by atoms with E-state index in [0.717, 1.165) is 0 Å². The number of carbonyl (C=O) groups excluding carboxylic acids is 1. The van der Waals surface area contributed by atoms with Gasteiger partial charge in [-0.05, 0) is 13.8 Å². The molecule has 0 aromatic carbocycles. The van der Waals surface area contributed by atoms with Gasteiger partial charge in [0.05, 0.1) is 6.61 Å². The van der Waals surface area contributed by atoms with Crippen molar-refractivity contribution in [1.29, 1.82) is 0 Å². The van der Waals surface area contributed by atoms with E-state index in [1.165, 1.54) is 0 Å². The van der Waals surface area contributed by atoms with Crippen molar-refractivity contribution in [2.75, 3.05) is 6.61 Å². The zero-order chi connectivity index (χ0) is 7.78. The van der Waals surface area contributed by atoms with E-state index in [0.29, 0.717) is 12.5 Å². The van der Waals surface area contributed by atoms with E-state index in [2.05, 4.69) is 12.2 Å². The third-order valence-corrected chi connectivity index (χ3v) is 2.12. The molecule has 3 heteroatoms. The average molecular weight is 143 g/mol. The molecule has 1 rings (SSSR count). The molecule has 3 nitrogen and oxygen atoms in total. The van der Waals surface area contributed by atoms with Crippen LogP contribution in [0.25, 0.3) is 0 Å². The number of cyclic esters (lactones) is 1. The Kier molecular flexibility index (Phi) is 1.58. The number of alkyl carbamates (subject to hydrolysis) is 1. The van der Waals surface area contributed by atoms with E-state index < -0.39 is 0 Å². The van der Waals surface area contributed by atoms with Gasteiger partial charge in [-0.2, -0.15) is 0 Å². The lowest BCUT2D eigenvalue weighted by atomic mass is 9.89. The molecule has 1 amide bonds. The van der Waals surface area contributed by atoms with Crippen LogP contribution < -0.4 is 5.32 Å². The Morgan fingerprint density at radius 3 is 2.70 bits per heavy atom. The smallest absolute Gasteiger partial charge is 0.407 e. The number of rotatable bonds is 0. The van der Waals surface area contributed by atoms with E-state index >= 15 is 0 Å². The van der Waals surface area contributed by atoms with E-state index in [4.69, 9.17) is 4.74 Å². The standard InChI is InChI=1S/C7H13NO2/c1-5-4-10-6(9)8-7(5,2)3/h5H,4H2,1-3H3,(H,8,9). The van der Waals surface area contributed by atoms with Crippen molar-refractivity contribution >= 4 is 6.09 Å². The quantitative estimate of drug-likeness (QED) is 0.552. The number of hydrogen-bond donors (Lipinski definition) is 1. The van der Waals surface area contributed by atoms with Gasteiger partial charge in [0.2, 0.25) is 0 Å². The summed E-state index contributed by atoms with van der Waals surface area (Å²) in [6.07, 6.45) is -0.303. The fourth-order valence-electron chi connectivity index (χ4n) is 0.831. The van der Waals surface area contributed by atoms with Crippen LogP contribution in [-0.2, 0) is 4.74 Å². The number of ether oxygens (including phenoxy) is 1. The molecule has 10 heavy (non-hydrogen) atoms. The fraction of sp³-hybridized carbons (Fsp3) is 0.857. The molecule has 1 aliphatic heterocycles. The maximum Gasteiger partial charge on any atom is 0.407 e. The minimum Gasteiger partial charge on any atom is -0.449 e. The Morgan fingerprint density at radius 2 is 2.30 bits per heavy atom. The van der Waals surface area contributed by atoms with Crippen LogP contribution in [0.1, 0.15) is 20.8 Å². The zero-order valence-corrected chi connectivity index (χ0v) is 6.60. The SMILES string of the molecule is CC1COC(=O)NC1(C)C. The summed E-state index contributed by atoms with van der Waals surface area (Å²) in [5.74, 6) is 0.380. The lowest BCUT2D eigenvalue weighted by molar-refractivity contribution is 0.0613. The first-order valence-corrected chi connectivity index (χ1v) is 3.47. The molecule has 0 spiro atoms. The van der Waals surface area contributed by atoms with Crippen LogP contribution in [0.15, 0.2) is 0 Å². The van der Waals surface area contributed by atoms with Crippen molar-refractivity contribution in [2.45, 2.75) is 26.3 Å². The summed E-state index contributed by atoms with van der Waals surface area (Å²) in [6.45, 7) is 6.58. The van der Waals surface area contributed by atoms with Crippen LogP contribution in [0.2, 0.25) is 0 Å². The van der Waals surface area contributed by atoms with Crippen LogP contribution in [-0.4, -0.2) is 18.2 Å². The summed E-state index contributed by atoms with van der Waals surface area (Å²) < 4.78 is 4.78. The first kappa shape index (κ1) is 7.38. The Balaban J connectivity index is 2.63. The van der Waals surface area contributed by atoms with E-state index in [1.807, 2.05) is 13.8 Å². The lowest BCUT2D eigenvalue weighted by Gasteiger charge is -2.36. The molecule has 0 aromatic heterocycles. The Morgan fingerprint density at radius 1 is 1.70 bits per heavy atom. The van der Waals surface area contributed by atoms with Gasteiger partial charge in [-0.15, -0.1) is 0 Å². The van der Waals surface area contributed by atoms with Gasteiger partial charge in [0.15, 0.2) is 0 Å². The van der Waals surface area contributed by atoms with E-state index in [1.54, 1.807) is 0 Å². The summed E-state index contributed by atoms with van der Waals surface area (Å²) in [6, 6.07) is 0. The van der Waals surface area contributed by atoms with Gasteiger partial charge in [-0.3, -0.25) is 0 Å². The molecular formula is C7H13NO2. The second-order valence-electron chi connectivity index (χ2n) is 3.35. The Labute approximate surface area is 60.7 Å². The normalized spacial score (nSPS) is 30.7. The molecule has 1 atom stereocenters. The predicted molar refractivity (Wildman–Crippen MR) is 37.7 cm³/mol. The molecule has 1 fully saturated rings. The first-order valence-electron chi connectivity index (χ1n) is 3.47. The maximum atomic E-state index is 10.7. The van der Waals surface area contributed by atoms with E-state index in [-0.39, 0.29) is 11.6 Å². The Bertz CT molecular complexity index is 154. The fourth-order valence-corrected chi connectivity index (χ4v) is 0.831. The summed E-state index contributed by atoms with van der Waals surface area (Å²) >= 11 is 0. The average Bonchev–Trinajstić information content (AvgIpc) is 1.78. The third-order valence-electron chi connectivity index (χ3n) is 2.12. The summed E-state index contributed by atoms with van der Waals surface area (Å²) in [4.78, 5) is 10.7. The topological polar surface area (TPSA) is 38.3 Å². The molecular weight excluding hydrogens is 130 g/mol. The van der Waals surface area contributed by atoms with Crippen LogP contribution in [0.4, 0.5) is 4.79 Å². The molecule has 1 aliphatic rings. The van der Waals surface area contributed by atoms with Crippen LogP contribution >= 0.6 is 0 Å².